The number of amides is 4. The number of hydrogen-bond donors (Lipinski definition) is 0. The SMILES string of the molecule is CCCCCCCCc1cc(C)ccc1-c1ccc(-c2ccc(N3C(=O)c4cc(C)c5c6c(C)cc7c8c(cc(C)c(c9c(C)cc(c4c59)C3=O)c86)C(=O)N(c3ccc(C)cc3)C7=O)cc2)cc1CCCCCCCC. The maximum absolute atomic E-state index is 15.1. The van der Waals surface area contributed by atoms with Crippen LogP contribution in [0.3, 0.4) is 0 Å². The molecule has 0 bridgehead atoms. The van der Waals surface area contributed by atoms with Crippen molar-refractivity contribution >= 4 is 78.1 Å². The number of unbranched alkanes of at least 4 members (excludes halogenated alkanes) is 10. The third-order valence-electron chi connectivity index (χ3n) is 16.8. The Morgan fingerprint density at radius 1 is 0.303 bits per heavy atom. The van der Waals surface area contributed by atoms with E-state index in [9.17, 15) is 9.59 Å². The quantitative estimate of drug-likeness (QED) is 0.0371. The molecule has 0 saturated carbocycles. The van der Waals surface area contributed by atoms with Crippen LogP contribution in [0.2, 0.25) is 0 Å². The van der Waals surface area contributed by atoms with Crippen LogP contribution in [-0.2, 0) is 12.8 Å². The fourth-order valence-corrected chi connectivity index (χ4v) is 13.0. The topological polar surface area (TPSA) is 74.8 Å². The van der Waals surface area contributed by atoms with Gasteiger partial charge in [-0.15, -0.1) is 0 Å². The summed E-state index contributed by atoms with van der Waals surface area (Å²) in [6, 6.07) is 37.1. The largest absolute Gasteiger partial charge is 0.268 e. The maximum atomic E-state index is 15.1. The number of anilines is 2. The summed E-state index contributed by atoms with van der Waals surface area (Å²) >= 11 is 0. The van der Waals surface area contributed by atoms with Crippen molar-refractivity contribution in [2.75, 3.05) is 9.80 Å². The highest BCUT2D eigenvalue weighted by molar-refractivity contribution is 6.46. The molecule has 0 atom stereocenters. The smallest absolute Gasteiger partial charge is 0.265 e. The maximum Gasteiger partial charge on any atom is 0.265 e. The number of carbonyl (C=O) groups excluding carboxylic acids is 4. The van der Waals surface area contributed by atoms with Gasteiger partial charge in [-0.25, -0.2) is 9.80 Å². The number of benzene rings is 9. The van der Waals surface area contributed by atoms with Gasteiger partial charge in [-0.1, -0.05) is 150 Å². The second-order valence-electron chi connectivity index (χ2n) is 22.3. The van der Waals surface area contributed by atoms with Gasteiger partial charge in [0.1, 0.15) is 0 Å². The first-order valence-electron chi connectivity index (χ1n) is 28.2. The van der Waals surface area contributed by atoms with Crippen LogP contribution in [0.5, 0.6) is 0 Å². The van der Waals surface area contributed by atoms with Crippen LogP contribution in [0.1, 0.15) is 177 Å². The lowest BCUT2D eigenvalue weighted by atomic mass is 9.77. The summed E-state index contributed by atoms with van der Waals surface area (Å²) in [5.74, 6) is -1.41. The van der Waals surface area contributed by atoms with Gasteiger partial charge in [0.15, 0.2) is 0 Å². The summed E-state index contributed by atoms with van der Waals surface area (Å²) in [7, 11) is 0. The van der Waals surface area contributed by atoms with Crippen molar-refractivity contribution in [1.29, 1.82) is 0 Å². The third kappa shape index (κ3) is 8.58. The monoisotopic (exact) mass is 1000 g/mol. The predicted molar refractivity (Wildman–Crippen MR) is 316 cm³/mol. The van der Waals surface area contributed by atoms with E-state index in [1.165, 1.54) is 108 Å². The minimum Gasteiger partial charge on any atom is -0.268 e. The van der Waals surface area contributed by atoms with Gasteiger partial charge in [-0.05, 0) is 204 Å². The van der Waals surface area contributed by atoms with E-state index in [4.69, 9.17) is 0 Å². The molecule has 384 valence electrons. The Morgan fingerprint density at radius 2 is 0.645 bits per heavy atom. The molecule has 0 unspecified atom stereocenters. The summed E-state index contributed by atoms with van der Waals surface area (Å²) in [4.78, 5) is 61.9. The van der Waals surface area contributed by atoms with Crippen molar-refractivity contribution in [2.24, 2.45) is 0 Å². The van der Waals surface area contributed by atoms with Crippen molar-refractivity contribution in [1.82, 2.24) is 0 Å². The highest BCUT2D eigenvalue weighted by Crippen LogP contribution is 2.51. The Kier molecular flexibility index (Phi) is 13.7. The predicted octanol–water partition coefficient (Wildman–Crippen LogP) is 18.3. The Morgan fingerprint density at radius 3 is 1.07 bits per heavy atom. The van der Waals surface area contributed by atoms with Gasteiger partial charge in [0.25, 0.3) is 23.6 Å². The molecule has 9 aromatic carbocycles. The van der Waals surface area contributed by atoms with Crippen LogP contribution in [-0.4, -0.2) is 23.6 Å². The van der Waals surface area contributed by atoms with Gasteiger partial charge >= 0.3 is 0 Å². The van der Waals surface area contributed by atoms with Gasteiger partial charge in [0.2, 0.25) is 0 Å². The zero-order valence-electron chi connectivity index (χ0n) is 45.8. The number of carbonyl (C=O) groups is 4. The van der Waals surface area contributed by atoms with E-state index in [0.717, 1.165) is 90.5 Å². The van der Waals surface area contributed by atoms with Gasteiger partial charge in [0, 0.05) is 33.0 Å². The second kappa shape index (κ2) is 20.6. The second-order valence-corrected chi connectivity index (χ2v) is 22.3. The fourth-order valence-electron chi connectivity index (χ4n) is 13.0. The van der Waals surface area contributed by atoms with Crippen LogP contribution in [0, 0.1) is 41.5 Å². The Balaban J connectivity index is 0.957. The molecule has 2 heterocycles. The van der Waals surface area contributed by atoms with Crippen molar-refractivity contribution in [3.8, 4) is 22.3 Å². The average molecular weight is 1000 g/mol. The molecule has 0 aromatic heterocycles. The molecule has 4 amide bonds. The summed E-state index contributed by atoms with van der Waals surface area (Å²) < 4.78 is 0. The van der Waals surface area contributed by atoms with E-state index in [1.807, 2.05) is 95.3 Å². The molecule has 0 fully saturated rings. The highest BCUT2D eigenvalue weighted by atomic mass is 16.2. The van der Waals surface area contributed by atoms with Gasteiger partial charge in [-0.2, -0.15) is 0 Å². The number of imide groups is 2. The van der Waals surface area contributed by atoms with Crippen molar-refractivity contribution in [3.05, 3.63) is 176 Å². The summed E-state index contributed by atoms with van der Waals surface area (Å²) in [6.45, 7) is 16.8. The summed E-state index contributed by atoms with van der Waals surface area (Å²) in [6.07, 6.45) is 17.2. The number of hydrogen-bond acceptors (Lipinski definition) is 4. The lowest BCUT2D eigenvalue weighted by Gasteiger charge is -2.32. The fraction of sp³-hybridized carbons (Fsp3) is 0.314. The van der Waals surface area contributed by atoms with Gasteiger partial charge < -0.3 is 0 Å². The summed E-state index contributed by atoms with van der Waals surface area (Å²) in [5.41, 5.74) is 16.6. The first kappa shape index (κ1) is 50.7. The highest BCUT2D eigenvalue weighted by Gasteiger charge is 2.40. The zero-order valence-corrected chi connectivity index (χ0v) is 45.8. The number of rotatable bonds is 18. The summed E-state index contributed by atoms with van der Waals surface area (Å²) in [5, 5.41) is 6.80. The Labute approximate surface area is 448 Å². The van der Waals surface area contributed by atoms with Crippen molar-refractivity contribution in [3.63, 3.8) is 0 Å². The van der Waals surface area contributed by atoms with E-state index < -0.39 is 0 Å². The lowest BCUT2D eigenvalue weighted by Crippen LogP contribution is -2.41. The molecule has 76 heavy (non-hydrogen) atoms. The minimum atomic E-state index is -0.355. The number of aryl methyl sites for hydroxylation is 8. The van der Waals surface area contributed by atoms with Crippen molar-refractivity contribution in [2.45, 2.75) is 145 Å². The molecule has 0 radical (unpaired) electrons. The molecule has 0 aliphatic carbocycles. The molecular formula is C70H70N2O4. The molecule has 0 saturated heterocycles. The third-order valence-corrected chi connectivity index (χ3v) is 16.8. The van der Waals surface area contributed by atoms with Gasteiger partial charge in [0.05, 0.1) is 11.4 Å². The van der Waals surface area contributed by atoms with Crippen LogP contribution < -0.4 is 9.80 Å². The van der Waals surface area contributed by atoms with Crippen molar-refractivity contribution < 1.29 is 19.2 Å². The van der Waals surface area contributed by atoms with Crippen LogP contribution in [0.25, 0.3) is 65.3 Å². The minimum absolute atomic E-state index is 0.351. The first-order chi connectivity index (χ1) is 36.8. The molecule has 9 aromatic rings. The number of fused-ring (bicyclic) bond motifs is 2. The van der Waals surface area contributed by atoms with Gasteiger partial charge in [-0.3, -0.25) is 19.2 Å². The van der Waals surface area contributed by atoms with E-state index in [2.05, 4.69) is 69.3 Å². The molecule has 2 aliphatic heterocycles. The zero-order chi connectivity index (χ0) is 53.1. The number of nitrogens with zero attached hydrogens (tertiary/aromatic N) is 2. The molecule has 6 nitrogen and oxygen atoms in total. The molecule has 0 N–H and O–H groups in total. The van der Waals surface area contributed by atoms with E-state index in [1.54, 1.807) is 0 Å². The normalized spacial score (nSPS) is 13.5. The molecule has 0 spiro atoms. The Hall–Kier alpha value is -7.44. The standard InChI is InChI=1S/C70H70N2O4/c1-9-11-13-15-17-19-21-49-35-42(4)25-33-53(49)54-34-28-48(40-50(54)22-20-18-16-14-12-10-2)47-26-31-52(32-27-47)72-69(75)57-38-45(7)61-59-43(5)36-55-63-56(68(74)71(67(55)73)51-29-23-41(3)24-30-51)37-44(6)60(65(59)63)62-46(8)39-58(70(72)76)64(57)66(61)62/h23-40H,9-22H2,1-8H3. The van der Waals surface area contributed by atoms with Crippen LogP contribution in [0.15, 0.2) is 109 Å². The molecule has 6 heteroatoms. The first-order valence-corrected chi connectivity index (χ1v) is 28.2. The van der Waals surface area contributed by atoms with E-state index in [-0.39, 0.29) is 23.6 Å². The van der Waals surface area contributed by atoms with E-state index >= 15 is 9.59 Å². The van der Waals surface area contributed by atoms with Crippen LogP contribution >= 0.6 is 0 Å². The lowest BCUT2D eigenvalue weighted by molar-refractivity contribution is 0.0877. The average Bonchev–Trinajstić information content (AvgIpc) is 3.61. The van der Waals surface area contributed by atoms with Crippen LogP contribution in [0.4, 0.5) is 11.4 Å². The van der Waals surface area contributed by atoms with E-state index in [0.29, 0.717) is 44.4 Å². The Bertz CT molecular complexity index is 3690. The molecular weight excluding hydrogens is 933 g/mol. The molecule has 11 rings (SSSR count). The molecule has 2 aliphatic rings.